The fraction of sp³-hybridized carbons (Fsp3) is 0.417. The second kappa shape index (κ2) is 9.85. The zero-order chi connectivity index (χ0) is 24.6. The number of furan rings is 1. The van der Waals surface area contributed by atoms with E-state index in [4.69, 9.17) is 28.3 Å². The molecule has 2 aliphatic rings. The maximum absolute atomic E-state index is 6.24. The molecule has 190 valence electrons. The third-order valence-electron chi connectivity index (χ3n) is 6.30. The number of hydrogen-bond acceptors (Lipinski definition) is 11. The van der Waals surface area contributed by atoms with Crippen LogP contribution in [0.2, 0.25) is 0 Å². The van der Waals surface area contributed by atoms with Gasteiger partial charge in [-0.2, -0.15) is 0 Å². The first kappa shape index (κ1) is 23.5. The Labute approximate surface area is 216 Å². The Balaban J connectivity index is 1.22. The fourth-order valence-electron chi connectivity index (χ4n) is 4.54. The van der Waals surface area contributed by atoms with Crippen molar-refractivity contribution in [2.75, 3.05) is 44.8 Å². The smallest absolute Gasteiger partial charge is 0.196 e. The minimum atomic E-state index is -0.149. The molecule has 1 N–H and O–H groups in total. The summed E-state index contributed by atoms with van der Waals surface area (Å²) in [7, 11) is 5.03. The average Bonchev–Trinajstić information content (AvgIpc) is 3.69. The van der Waals surface area contributed by atoms with Crippen LogP contribution < -0.4 is 19.8 Å². The van der Waals surface area contributed by atoms with Crippen LogP contribution >= 0.6 is 23.1 Å². The number of nitrogens with zero attached hydrogens (tertiary/aromatic N) is 4. The SMILES string of the molecule is COC[C@@H]1CCCN1c1nc(COc2cc(OC)cc3oc(-c4cn5c(n4)SC(OC)N5)cc23)cs1. The lowest BCUT2D eigenvalue weighted by Crippen LogP contribution is -2.32. The summed E-state index contributed by atoms with van der Waals surface area (Å²) in [5, 5.41) is 4.74. The highest BCUT2D eigenvalue weighted by atomic mass is 32.2. The van der Waals surface area contributed by atoms with Gasteiger partial charge in [0.05, 0.1) is 37.0 Å². The quantitative estimate of drug-likeness (QED) is 0.333. The minimum Gasteiger partial charge on any atom is -0.496 e. The summed E-state index contributed by atoms with van der Waals surface area (Å²) < 4.78 is 30.4. The molecule has 10 nitrogen and oxygen atoms in total. The molecule has 1 saturated heterocycles. The Morgan fingerprint density at radius 2 is 2.11 bits per heavy atom. The molecule has 0 amide bonds. The Hall–Kier alpha value is -2.93. The first-order valence-corrected chi connectivity index (χ1v) is 13.4. The van der Waals surface area contributed by atoms with E-state index in [1.165, 1.54) is 11.8 Å². The van der Waals surface area contributed by atoms with Crippen LogP contribution in [-0.4, -0.2) is 60.7 Å². The summed E-state index contributed by atoms with van der Waals surface area (Å²) in [6.07, 6.45) is 4.18. The molecule has 36 heavy (non-hydrogen) atoms. The van der Waals surface area contributed by atoms with Crippen LogP contribution in [-0.2, 0) is 16.1 Å². The van der Waals surface area contributed by atoms with Gasteiger partial charge < -0.3 is 28.3 Å². The highest BCUT2D eigenvalue weighted by Gasteiger charge is 2.27. The van der Waals surface area contributed by atoms with Crippen molar-refractivity contribution in [1.29, 1.82) is 0 Å². The van der Waals surface area contributed by atoms with Crippen LogP contribution in [0.4, 0.5) is 5.13 Å². The standard InChI is InChI=1S/C24H27N5O5S2/c1-30-12-15-5-4-6-28(15)22-25-14(13-35-22)11-33-19-7-16(31-2)8-20-17(19)9-21(34-20)18-10-29-23(26-18)36-24(27-29)32-3/h7-10,13,15,24,27H,4-6,11-12H2,1-3H3/t15-,24?/m0/s1. The number of methoxy groups -OCH3 is 3. The largest absolute Gasteiger partial charge is 0.496 e. The maximum atomic E-state index is 6.24. The van der Waals surface area contributed by atoms with E-state index in [0.29, 0.717) is 35.5 Å². The van der Waals surface area contributed by atoms with Crippen molar-refractivity contribution < 1.29 is 23.4 Å². The number of thiazole rings is 1. The van der Waals surface area contributed by atoms with E-state index < -0.39 is 0 Å². The van der Waals surface area contributed by atoms with Crippen molar-refractivity contribution in [2.24, 2.45) is 0 Å². The van der Waals surface area contributed by atoms with Gasteiger partial charge >= 0.3 is 0 Å². The first-order chi connectivity index (χ1) is 17.6. The predicted molar refractivity (Wildman–Crippen MR) is 139 cm³/mol. The number of anilines is 1. The molecule has 4 aromatic rings. The number of nitrogens with one attached hydrogen (secondary N) is 1. The summed E-state index contributed by atoms with van der Waals surface area (Å²) in [5.41, 5.74) is 5.33. The number of ether oxygens (including phenoxy) is 4. The molecule has 0 aliphatic carbocycles. The van der Waals surface area contributed by atoms with Gasteiger partial charge in [0.1, 0.15) is 29.4 Å². The van der Waals surface area contributed by atoms with Crippen LogP contribution in [0.15, 0.2) is 39.3 Å². The van der Waals surface area contributed by atoms with Crippen LogP contribution in [0.3, 0.4) is 0 Å². The van der Waals surface area contributed by atoms with E-state index >= 15 is 0 Å². The average molecular weight is 530 g/mol. The zero-order valence-electron chi connectivity index (χ0n) is 20.2. The lowest BCUT2D eigenvalue weighted by molar-refractivity contribution is 0.181. The highest BCUT2D eigenvalue weighted by molar-refractivity contribution is 7.99. The number of hydrogen-bond donors (Lipinski definition) is 1. The van der Waals surface area contributed by atoms with Gasteiger partial charge in [0.2, 0.25) is 0 Å². The second-order valence-corrected chi connectivity index (χ2v) is 10.5. The van der Waals surface area contributed by atoms with Crippen LogP contribution in [0.1, 0.15) is 18.5 Å². The Morgan fingerprint density at radius 3 is 2.92 bits per heavy atom. The van der Waals surface area contributed by atoms with Crippen molar-refractivity contribution in [3.05, 3.63) is 35.5 Å². The molecule has 1 unspecified atom stereocenters. The van der Waals surface area contributed by atoms with Gasteiger partial charge in [-0.3, -0.25) is 5.43 Å². The molecule has 0 spiro atoms. The summed E-state index contributed by atoms with van der Waals surface area (Å²) >= 11 is 3.15. The van der Waals surface area contributed by atoms with Crippen LogP contribution in [0.25, 0.3) is 22.4 Å². The van der Waals surface area contributed by atoms with Crippen molar-refractivity contribution >= 4 is 39.2 Å². The van der Waals surface area contributed by atoms with Crippen molar-refractivity contribution in [3.63, 3.8) is 0 Å². The topological polar surface area (TPSA) is 96.0 Å². The monoisotopic (exact) mass is 529 g/mol. The third kappa shape index (κ3) is 4.38. The molecule has 12 heteroatoms. The van der Waals surface area contributed by atoms with E-state index in [-0.39, 0.29) is 5.56 Å². The van der Waals surface area contributed by atoms with Gasteiger partial charge in [0, 0.05) is 38.3 Å². The predicted octanol–water partition coefficient (Wildman–Crippen LogP) is 4.53. The van der Waals surface area contributed by atoms with Crippen molar-refractivity contribution in [1.82, 2.24) is 14.6 Å². The number of imidazole rings is 1. The number of thioether (sulfide) groups is 1. The van der Waals surface area contributed by atoms with Gasteiger partial charge in [-0.25, -0.2) is 14.6 Å². The first-order valence-electron chi connectivity index (χ1n) is 11.6. The lowest BCUT2D eigenvalue weighted by atomic mass is 10.2. The van der Waals surface area contributed by atoms with Crippen molar-refractivity contribution in [2.45, 2.75) is 36.2 Å². The molecule has 3 aromatic heterocycles. The minimum absolute atomic E-state index is 0.149. The Kier molecular flexibility index (Phi) is 6.42. The lowest BCUT2D eigenvalue weighted by Gasteiger charge is -2.23. The van der Waals surface area contributed by atoms with Gasteiger partial charge in [-0.1, -0.05) is 0 Å². The second-order valence-electron chi connectivity index (χ2n) is 8.60. The summed E-state index contributed by atoms with van der Waals surface area (Å²) in [4.78, 5) is 11.9. The molecular weight excluding hydrogens is 502 g/mol. The highest BCUT2D eigenvalue weighted by Crippen LogP contribution is 2.39. The molecule has 1 fully saturated rings. The summed E-state index contributed by atoms with van der Waals surface area (Å²) in [6.45, 7) is 2.07. The van der Waals surface area contributed by atoms with E-state index in [0.717, 1.165) is 53.1 Å². The molecule has 1 aromatic carbocycles. The zero-order valence-corrected chi connectivity index (χ0v) is 21.9. The molecule has 0 radical (unpaired) electrons. The van der Waals surface area contributed by atoms with Gasteiger partial charge in [0.15, 0.2) is 21.6 Å². The molecule has 2 aliphatic heterocycles. The molecule has 5 heterocycles. The van der Waals surface area contributed by atoms with E-state index in [2.05, 4.69) is 20.7 Å². The Bertz CT molecular complexity index is 1340. The maximum Gasteiger partial charge on any atom is 0.196 e. The van der Waals surface area contributed by atoms with Crippen molar-refractivity contribution in [3.8, 4) is 23.0 Å². The molecule has 0 bridgehead atoms. The van der Waals surface area contributed by atoms with Gasteiger partial charge in [-0.15, -0.1) is 11.3 Å². The van der Waals surface area contributed by atoms with Gasteiger partial charge in [-0.05, 0) is 30.7 Å². The Morgan fingerprint density at radius 1 is 1.19 bits per heavy atom. The summed E-state index contributed by atoms with van der Waals surface area (Å²) in [5.74, 6) is 1.98. The van der Waals surface area contributed by atoms with E-state index in [1.54, 1.807) is 32.7 Å². The van der Waals surface area contributed by atoms with E-state index in [9.17, 15) is 0 Å². The third-order valence-corrected chi connectivity index (χ3v) is 8.24. The molecule has 6 rings (SSSR count). The van der Waals surface area contributed by atoms with Crippen LogP contribution in [0, 0.1) is 0 Å². The normalized spacial score (nSPS) is 19.1. The molecule has 0 saturated carbocycles. The molecular formula is C24H27N5O5S2. The summed E-state index contributed by atoms with van der Waals surface area (Å²) in [6, 6.07) is 6.06. The number of aromatic nitrogens is 3. The molecule has 2 atom stereocenters. The number of fused-ring (bicyclic) bond motifs is 2. The van der Waals surface area contributed by atoms with E-state index in [1.807, 2.05) is 29.1 Å². The number of benzene rings is 1. The fourth-order valence-corrected chi connectivity index (χ4v) is 6.27. The van der Waals surface area contributed by atoms with Gasteiger partial charge in [0.25, 0.3) is 0 Å². The number of rotatable bonds is 9. The van der Waals surface area contributed by atoms with Crippen LogP contribution in [0.5, 0.6) is 11.5 Å².